The molecule has 144 valence electrons. The highest BCUT2D eigenvalue weighted by Gasteiger charge is 2.34. The number of halogens is 3. The van der Waals surface area contributed by atoms with Crippen molar-refractivity contribution in [3.05, 3.63) is 69.2 Å². The first-order valence-corrected chi connectivity index (χ1v) is 9.98. The van der Waals surface area contributed by atoms with Crippen LogP contribution in [0.2, 0.25) is 5.02 Å². The number of carbonyl (C=O) groups is 1. The van der Waals surface area contributed by atoms with Crippen LogP contribution >= 0.6 is 27.5 Å². The SMILES string of the molecule is O=C1CC(c2nc(-c3ccc(F)c(Br)c3)no2)CN1CCc1ccc(Cl)cc1. The summed E-state index contributed by atoms with van der Waals surface area (Å²) >= 11 is 9.06. The highest BCUT2D eigenvalue weighted by Crippen LogP contribution is 2.30. The average molecular weight is 465 g/mol. The molecule has 1 aliphatic heterocycles. The quantitative estimate of drug-likeness (QED) is 0.542. The van der Waals surface area contributed by atoms with E-state index in [1.165, 1.54) is 6.07 Å². The summed E-state index contributed by atoms with van der Waals surface area (Å²) in [5, 5.41) is 4.68. The van der Waals surface area contributed by atoms with Gasteiger partial charge >= 0.3 is 0 Å². The zero-order chi connectivity index (χ0) is 19.7. The third-order valence-electron chi connectivity index (χ3n) is 4.77. The number of amides is 1. The zero-order valence-corrected chi connectivity index (χ0v) is 17.1. The second kappa shape index (κ2) is 8.01. The van der Waals surface area contributed by atoms with Crippen molar-refractivity contribution >= 4 is 33.4 Å². The van der Waals surface area contributed by atoms with Crippen molar-refractivity contribution in [1.82, 2.24) is 15.0 Å². The molecule has 3 aromatic rings. The van der Waals surface area contributed by atoms with Crippen molar-refractivity contribution in [2.75, 3.05) is 13.1 Å². The maximum atomic E-state index is 13.4. The molecule has 0 bridgehead atoms. The minimum Gasteiger partial charge on any atom is -0.342 e. The van der Waals surface area contributed by atoms with E-state index in [1.54, 1.807) is 12.1 Å². The van der Waals surface area contributed by atoms with Crippen molar-refractivity contribution in [1.29, 1.82) is 0 Å². The summed E-state index contributed by atoms with van der Waals surface area (Å²) < 4.78 is 19.1. The number of rotatable bonds is 5. The monoisotopic (exact) mass is 463 g/mol. The van der Waals surface area contributed by atoms with E-state index < -0.39 is 0 Å². The molecule has 0 aliphatic carbocycles. The van der Waals surface area contributed by atoms with E-state index in [0.717, 1.165) is 12.0 Å². The minimum absolute atomic E-state index is 0.0724. The Morgan fingerprint density at radius 1 is 1.25 bits per heavy atom. The Bertz CT molecular complexity index is 1010. The van der Waals surface area contributed by atoms with Crippen LogP contribution < -0.4 is 0 Å². The van der Waals surface area contributed by atoms with Crippen LogP contribution in [0.1, 0.15) is 23.8 Å². The molecule has 1 aliphatic rings. The molecule has 0 spiro atoms. The van der Waals surface area contributed by atoms with Crippen LogP contribution in [-0.4, -0.2) is 34.0 Å². The fraction of sp³-hybridized carbons (Fsp3) is 0.250. The van der Waals surface area contributed by atoms with Gasteiger partial charge in [-0.05, 0) is 58.2 Å². The van der Waals surface area contributed by atoms with Crippen LogP contribution in [0.4, 0.5) is 4.39 Å². The minimum atomic E-state index is -0.356. The largest absolute Gasteiger partial charge is 0.342 e. The number of hydrogen-bond acceptors (Lipinski definition) is 4. The van der Waals surface area contributed by atoms with E-state index in [1.807, 2.05) is 29.2 Å². The summed E-state index contributed by atoms with van der Waals surface area (Å²) in [4.78, 5) is 18.6. The molecule has 4 rings (SSSR count). The van der Waals surface area contributed by atoms with Crippen molar-refractivity contribution < 1.29 is 13.7 Å². The first-order chi connectivity index (χ1) is 13.5. The maximum Gasteiger partial charge on any atom is 0.232 e. The lowest BCUT2D eigenvalue weighted by Gasteiger charge is -2.15. The number of benzene rings is 2. The molecular formula is C20H16BrClFN3O2. The Hall–Kier alpha value is -2.25. The molecule has 0 saturated carbocycles. The molecule has 1 saturated heterocycles. The Balaban J connectivity index is 1.41. The summed E-state index contributed by atoms with van der Waals surface area (Å²) in [5.74, 6) is 0.386. The fourth-order valence-electron chi connectivity index (χ4n) is 3.22. The summed E-state index contributed by atoms with van der Waals surface area (Å²) in [7, 11) is 0. The predicted octanol–water partition coefficient (Wildman–Crippen LogP) is 4.85. The lowest BCUT2D eigenvalue weighted by Crippen LogP contribution is -2.27. The van der Waals surface area contributed by atoms with E-state index in [0.29, 0.717) is 46.3 Å². The summed E-state index contributed by atoms with van der Waals surface area (Å²) in [5.41, 5.74) is 1.77. The molecule has 2 aromatic carbocycles. The standard InChI is InChI=1S/C20H16BrClFN3O2/c21-16-9-13(3-6-17(16)23)19-24-20(28-25-19)14-10-18(27)26(11-14)8-7-12-1-4-15(22)5-2-12/h1-6,9,14H,7-8,10-11H2. The highest BCUT2D eigenvalue weighted by molar-refractivity contribution is 9.10. The molecule has 5 nitrogen and oxygen atoms in total. The van der Waals surface area contributed by atoms with Gasteiger partial charge in [0, 0.05) is 30.1 Å². The smallest absolute Gasteiger partial charge is 0.232 e. The normalized spacial score (nSPS) is 16.8. The average Bonchev–Trinajstić information content (AvgIpc) is 3.31. The topological polar surface area (TPSA) is 59.2 Å². The van der Waals surface area contributed by atoms with Gasteiger partial charge in [-0.25, -0.2) is 4.39 Å². The van der Waals surface area contributed by atoms with Crippen LogP contribution in [0, 0.1) is 5.82 Å². The van der Waals surface area contributed by atoms with E-state index in [-0.39, 0.29) is 17.6 Å². The first kappa shape index (κ1) is 19.1. The third kappa shape index (κ3) is 4.10. The molecule has 8 heteroatoms. The lowest BCUT2D eigenvalue weighted by molar-refractivity contribution is -0.127. The van der Waals surface area contributed by atoms with Crippen molar-refractivity contribution in [3.8, 4) is 11.4 Å². The Labute approximate surface area is 174 Å². The number of nitrogens with zero attached hydrogens (tertiary/aromatic N) is 3. The first-order valence-electron chi connectivity index (χ1n) is 8.81. The molecule has 1 fully saturated rings. The van der Waals surface area contributed by atoms with Crippen molar-refractivity contribution in [2.45, 2.75) is 18.8 Å². The van der Waals surface area contributed by atoms with Crippen LogP contribution in [0.25, 0.3) is 11.4 Å². The Morgan fingerprint density at radius 2 is 2.04 bits per heavy atom. The molecule has 2 heterocycles. The summed E-state index contributed by atoms with van der Waals surface area (Å²) in [6.45, 7) is 1.17. The van der Waals surface area contributed by atoms with E-state index in [4.69, 9.17) is 16.1 Å². The molecule has 0 N–H and O–H groups in total. The highest BCUT2D eigenvalue weighted by atomic mass is 79.9. The molecule has 1 unspecified atom stereocenters. The Kier molecular flexibility index (Phi) is 5.46. The van der Waals surface area contributed by atoms with E-state index >= 15 is 0 Å². The summed E-state index contributed by atoms with van der Waals surface area (Å²) in [6, 6.07) is 12.2. The van der Waals surface area contributed by atoms with Crippen molar-refractivity contribution in [2.24, 2.45) is 0 Å². The van der Waals surface area contributed by atoms with Gasteiger partial charge < -0.3 is 9.42 Å². The molecular weight excluding hydrogens is 449 g/mol. The molecule has 1 atom stereocenters. The van der Waals surface area contributed by atoms with Crippen molar-refractivity contribution in [3.63, 3.8) is 0 Å². The van der Waals surface area contributed by atoms with Gasteiger partial charge in [0.15, 0.2) is 0 Å². The fourth-order valence-corrected chi connectivity index (χ4v) is 3.73. The maximum absolute atomic E-state index is 13.4. The molecule has 28 heavy (non-hydrogen) atoms. The van der Waals surface area contributed by atoms with Crippen LogP contribution in [0.5, 0.6) is 0 Å². The lowest BCUT2D eigenvalue weighted by atomic mass is 10.1. The van der Waals surface area contributed by atoms with Gasteiger partial charge in [-0.2, -0.15) is 4.98 Å². The van der Waals surface area contributed by atoms with Gasteiger partial charge in [0.25, 0.3) is 0 Å². The van der Waals surface area contributed by atoms with Gasteiger partial charge in [-0.1, -0.05) is 28.9 Å². The van der Waals surface area contributed by atoms with Gasteiger partial charge in [0.05, 0.1) is 10.4 Å². The molecule has 1 amide bonds. The second-order valence-electron chi connectivity index (χ2n) is 6.70. The predicted molar refractivity (Wildman–Crippen MR) is 106 cm³/mol. The third-order valence-corrected chi connectivity index (χ3v) is 5.63. The molecule has 1 aromatic heterocycles. The van der Waals surface area contributed by atoms with Gasteiger partial charge in [-0.3, -0.25) is 4.79 Å². The van der Waals surface area contributed by atoms with Gasteiger partial charge in [-0.15, -0.1) is 0 Å². The number of likely N-dealkylation sites (tertiary alicyclic amines) is 1. The zero-order valence-electron chi connectivity index (χ0n) is 14.7. The van der Waals surface area contributed by atoms with Gasteiger partial charge in [0.1, 0.15) is 5.82 Å². The molecule has 0 radical (unpaired) electrons. The van der Waals surface area contributed by atoms with Crippen LogP contribution in [-0.2, 0) is 11.2 Å². The van der Waals surface area contributed by atoms with Gasteiger partial charge in [0.2, 0.25) is 17.6 Å². The Morgan fingerprint density at radius 3 is 2.79 bits per heavy atom. The van der Waals surface area contributed by atoms with E-state index in [9.17, 15) is 9.18 Å². The van der Waals surface area contributed by atoms with Crippen LogP contribution in [0.3, 0.4) is 0 Å². The number of hydrogen-bond donors (Lipinski definition) is 0. The summed E-state index contributed by atoms with van der Waals surface area (Å²) in [6.07, 6.45) is 1.10. The van der Waals surface area contributed by atoms with E-state index in [2.05, 4.69) is 26.1 Å². The number of aromatic nitrogens is 2. The number of carbonyl (C=O) groups excluding carboxylic acids is 1. The second-order valence-corrected chi connectivity index (χ2v) is 7.99. The van der Waals surface area contributed by atoms with Crippen LogP contribution in [0.15, 0.2) is 51.5 Å².